The number of nitrogen functional groups attached to an aromatic ring is 1. The molecule has 0 fully saturated rings. The summed E-state index contributed by atoms with van der Waals surface area (Å²) in [7, 11) is 0. The molecule has 164 valence electrons. The summed E-state index contributed by atoms with van der Waals surface area (Å²) in [5.41, 5.74) is 10.2. The topological polar surface area (TPSA) is 98.7 Å². The van der Waals surface area contributed by atoms with Crippen LogP contribution in [0, 0.1) is 16.4 Å². The summed E-state index contributed by atoms with van der Waals surface area (Å²) in [5, 5.41) is 2.94. The van der Waals surface area contributed by atoms with E-state index < -0.39 is 6.17 Å². The van der Waals surface area contributed by atoms with Crippen LogP contribution in [0.3, 0.4) is 0 Å². The van der Waals surface area contributed by atoms with Crippen molar-refractivity contribution in [2.75, 3.05) is 12.3 Å². The number of halogens is 2. The van der Waals surface area contributed by atoms with Crippen molar-refractivity contribution in [2.45, 2.75) is 52.8 Å². The fraction of sp³-hybridized carbons (Fsp3) is 0.455. The van der Waals surface area contributed by atoms with Gasteiger partial charge in [0.2, 0.25) is 5.91 Å². The van der Waals surface area contributed by atoms with Gasteiger partial charge in [-0.3, -0.25) is 4.79 Å². The first kappa shape index (κ1) is 21.9. The molecule has 0 saturated carbocycles. The number of aromatic nitrogens is 4. The smallest absolute Gasteiger partial charge is 0.222 e. The van der Waals surface area contributed by atoms with E-state index in [-0.39, 0.29) is 11.8 Å². The number of anilines is 1. The van der Waals surface area contributed by atoms with Gasteiger partial charge >= 0.3 is 0 Å². The standard InChI is InChI=1S/C22H26FIN6O/c1-11(2)22(31)26-6-7-30-18(29-19-20(25)27-12(3)28-21(19)30)10-14-8-15-13(9-17(14)24)4-5-16(15)23/h8-9,11,16H,4-7,10H2,1-3H3,(H,26,31)(H2,25,27,28). The Morgan fingerprint density at radius 2 is 2.13 bits per heavy atom. The Morgan fingerprint density at radius 1 is 1.35 bits per heavy atom. The number of amides is 1. The van der Waals surface area contributed by atoms with Gasteiger partial charge in [-0.15, -0.1) is 0 Å². The molecule has 3 N–H and O–H groups in total. The number of hydrogen-bond donors (Lipinski definition) is 2. The first-order valence-electron chi connectivity index (χ1n) is 10.5. The quantitative estimate of drug-likeness (QED) is 0.469. The van der Waals surface area contributed by atoms with Crippen molar-refractivity contribution in [1.29, 1.82) is 0 Å². The molecule has 0 spiro atoms. The highest BCUT2D eigenvalue weighted by molar-refractivity contribution is 14.1. The number of aryl methyl sites for hydroxylation is 2. The van der Waals surface area contributed by atoms with Crippen LogP contribution >= 0.6 is 22.6 Å². The molecule has 1 atom stereocenters. The average Bonchev–Trinajstić information content (AvgIpc) is 3.23. The molecule has 4 rings (SSSR count). The molecule has 1 amide bonds. The zero-order valence-corrected chi connectivity index (χ0v) is 20.0. The van der Waals surface area contributed by atoms with Crippen LogP contribution in [0.4, 0.5) is 10.2 Å². The maximum Gasteiger partial charge on any atom is 0.222 e. The molecular formula is C22H26FIN6O. The van der Waals surface area contributed by atoms with Gasteiger partial charge in [0.25, 0.3) is 0 Å². The Labute approximate surface area is 194 Å². The Hall–Kier alpha value is -2.30. The zero-order valence-electron chi connectivity index (χ0n) is 17.9. The summed E-state index contributed by atoms with van der Waals surface area (Å²) >= 11 is 2.31. The Morgan fingerprint density at radius 3 is 2.87 bits per heavy atom. The number of nitrogens with two attached hydrogens (primary N) is 1. The lowest BCUT2D eigenvalue weighted by molar-refractivity contribution is -0.124. The second-order valence-corrected chi connectivity index (χ2v) is 9.44. The van der Waals surface area contributed by atoms with Crippen molar-refractivity contribution in [1.82, 2.24) is 24.8 Å². The fourth-order valence-electron chi connectivity index (χ4n) is 3.98. The van der Waals surface area contributed by atoms with Crippen LogP contribution in [0.5, 0.6) is 0 Å². The molecule has 3 aromatic rings. The summed E-state index contributed by atoms with van der Waals surface area (Å²) in [4.78, 5) is 25.5. The van der Waals surface area contributed by atoms with Crippen LogP contribution in [0.2, 0.25) is 0 Å². The monoisotopic (exact) mass is 536 g/mol. The van der Waals surface area contributed by atoms with Crippen molar-refractivity contribution in [3.05, 3.63) is 44.0 Å². The van der Waals surface area contributed by atoms with Crippen LogP contribution in [-0.4, -0.2) is 32.0 Å². The van der Waals surface area contributed by atoms with E-state index in [0.29, 0.717) is 48.7 Å². The molecule has 7 nitrogen and oxygen atoms in total. The molecule has 0 radical (unpaired) electrons. The number of nitrogens with zero attached hydrogens (tertiary/aromatic N) is 4. The lowest BCUT2D eigenvalue weighted by atomic mass is 10.0. The summed E-state index contributed by atoms with van der Waals surface area (Å²) in [6.45, 7) is 6.47. The van der Waals surface area contributed by atoms with E-state index in [1.54, 1.807) is 6.92 Å². The largest absolute Gasteiger partial charge is 0.382 e. The molecule has 9 heteroatoms. The number of carbonyl (C=O) groups is 1. The third-order valence-corrected chi connectivity index (χ3v) is 6.64. The van der Waals surface area contributed by atoms with Crippen molar-refractivity contribution >= 4 is 45.5 Å². The number of alkyl halides is 1. The zero-order chi connectivity index (χ0) is 22.3. The van der Waals surface area contributed by atoms with Gasteiger partial charge in [-0.1, -0.05) is 19.9 Å². The Balaban J connectivity index is 1.71. The van der Waals surface area contributed by atoms with E-state index in [1.165, 1.54) is 0 Å². The van der Waals surface area contributed by atoms with E-state index >= 15 is 0 Å². The summed E-state index contributed by atoms with van der Waals surface area (Å²) in [6, 6.07) is 4.05. The molecule has 1 unspecified atom stereocenters. The van der Waals surface area contributed by atoms with Crippen molar-refractivity contribution in [3.8, 4) is 0 Å². The maximum atomic E-state index is 14.3. The van der Waals surface area contributed by atoms with Gasteiger partial charge < -0.3 is 15.6 Å². The molecular weight excluding hydrogens is 510 g/mol. The van der Waals surface area contributed by atoms with Gasteiger partial charge in [0, 0.05) is 29.0 Å². The third kappa shape index (κ3) is 4.37. The Kier molecular flexibility index (Phi) is 6.14. The molecule has 1 aliphatic carbocycles. The predicted octanol–water partition coefficient (Wildman–Crippen LogP) is 3.64. The van der Waals surface area contributed by atoms with Crippen molar-refractivity contribution in [3.63, 3.8) is 0 Å². The lowest BCUT2D eigenvalue weighted by Crippen LogP contribution is -2.31. The van der Waals surface area contributed by atoms with Gasteiger partial charge in [0.05, 0.1) is 0 Å². The normalized spacial score (nSPS) is 15.6. The van der Waals surface area contributed by atoms with Gasteiger partial charge in [-0.25, -0.2) is 19.3 Å². The molecule has 0 saturated heterocycles. The van der Waals surface area contributed by atoms with Gasteiger partial charge in [-0.2, -0.15) is 0 Å². The minimum Gasteiger partial charge on any atom is -0.382 e. The molecule has 31 heavy (non-hydrogen) atoms. The number of imidazole rings is 1. The summed E-state index contributed by atoms with van der Waals surface area (Å²) < 4.78 is 17.4. The van der Waals surface area contributed by atoms with Crippen LogP contribution < -0.4 is 11.1 Å². The maximum absolute atomic E-state index is 14.3. The number of nitrogens with one attached hydrogen (secondary N) is 1. The van der Waals surface area contributed by atoms with Crippen LogP contribution in [-0.2, 0) is 24.2 Å². The van der Waals surface area contributed by atoms with E-state index in [2.05, 4.69) is 43.9 Å². The molecule has 2 aromatic heterocycles. The molecule has 1 aliphatic rings. The first-order chi connectivity index (χ1) is 14.7. The first-order valence-corrected chi connectivity index (χ1v) is 11.5. The van der Waals surface area contributed by atoms with Gasteiger partial charge in [-0.05, 0) is 65.1 Å². The SMILES string of the molecule is Cc1nc(N)c2nc(Cc3cc4c(cc3I)CCC4F)n(CCNC(=O)C(C)C)c2n1. The second kappa shape index (κ2) is 8.68. The lowest BCUT2D eigenvalue weighted by Gasteiger charge is -2.13. The van der Waals surface area contributed by atoms with E-state index in [4.69, 9.17) is 10.7 Å². The highest BCUT2D eigenvalue weighted by Gasteiger charge is 2.24. The fourth-order valence-corrected chi connectivity index (χ4v) is 4.70. The van der Waals surface area contributed by atoms with Crippen molar-refractivity contribution in [2.24, 2.45) is 5.92 Å². The third-order valence-electron chi connectivity index (χ3n) is 5.63. The predicted molar refractivity (Wildman–Crippen MR) is 126 cm³/mol. The van der Waals surface area contributed by atoms with Crippen LogP contribution in [0.25, 0.3) is 11.2 Å². The van der Waals surface area contributed by atoms with E-state index in [0.717, 1.165) is 32.5 Å². The number of rotatable bonds is 6. The highest BCUT2D eigenvalue weighted by atomic mass is 127. The van der Waals surface area contributed by atoms with E-state index in [1.807, 2.05) is 24.5 Å². The van der Waals surface area contributed by atoms with Crippen LogP contribution in [0.15, 0.2) is 12.1 Å². The number of fused-ring (bicyclic) bond motifs is 2. The number of carbonyl (C=O) groups excluding carboxylic acids is 1. The Bertz CT molecular complexity index is 1160. The molecule has 2 heterocycles. The van der Waals surface area contributed by atoms with Crippen LogP contribution in [0.1, 0.15) is 54.8 Å². The molecule has 0 aliphatic heterocycles. The highest BCUT2D eigenvalue weighted by Crippen LogP contribution is 2.36. The molecule has 1 aromatic carbocycles. The number of benzene rings is 1. The minimum absolute atomic E-state index is 0.00144. The minimum atomic E-state index is -0.903. The summed E-state index contributed by atoms with van der Waals surface area (Å²) in [5.74, 6) is 1.59. The van der Waals surface area contributed by atoms with Gasteiger partial charge in [0.15, 0.2) is 17.0 Å². The average molecular weight is 536 g/mol. The second-order valence-electron chi connectivity index (χ2n) is 8.28. The number of hydrogen-bond acceptors (Lipinski definition) is 5. The van der Waals surface area contributed by atoms with E-state index in [9.17, 15) is 9.18 Å². The molecule has 0 bridgehead atoms. The summed E-state index contributed by atoms with van der Waals surface area (Å²) in [6.07, 6.45) is 0.950. The van der Waals surface area contributed by atoms with Crippen molar-refractivity contribution < 1.29 is 9.18 Å². The van der Waals surface area contributed by atoms with Gasteiger partial charge in [0.1, 0.15) is 17.8 Å².